The topological polar surface area (TPSA) is 69.6 Å². The monoisotopic (exact) mass is 495 g/mol. The molecule has 0 heterocycles. The predicted molar refractivity (Wildman–Crippen MR) is 156 cm³/mol. The molecule has 1 amide bonds. The Bertz CT molecular complexity index is 753. The van der Waals surface area contributed by atoms with Crippen LogP contribution in [0.25, 0.3) is 0 Å². The van der Waals surface area contributed by atoms with Gasteiger partial charge in [-0.3, -0.25) is 4.79 Å². The van der Waals surface area contributed by atoms with Gasteiger partial charge in [-0.15, -0.1) is 0 Å². The lowest BCUT2D eigenvalue weighted by molar-refractivity contribution is -0.122. The van der Waals surface area contributed by atoms with Crippen LogP contribution in [0.4, 0.5) is 0 Å². The summed E-state index contributed by atoms with van der Waals surface area (Å²) >= 11 is 0. The van der Waals surface area contributed by atoms with E-state index >= 15 is 0 Å². The highest BCUT2D eigenvalue weighted by atomic mass is 16.3. The van der Waals surface area contributed by atoms with Crippen LogP contribution in [0, 0.1) is 0 Å². The van der Waals surface area contributed by atoms with E-state index in [4.69, 9.17) is 0 Å². The first-order valence-electron chi connectivity index (χ1n) is 13.4. The molecule has 36 heavy (non-hydrogen) atoms. The lowest BCUT2D eigenvalue weighted by Crippen LogP contribution is -2.44. The van der Waals surface area contributed by atoms with Crippen molar-refractivity contribution in [3.05, 3.63) is 97.2 Å². The molecule has 2 atom stereocenters. The predicted octanol–water partition coefficient (Wildman–Crippen LogP) is 7.21. The smallest absolute Gasteiger partial charge is 0.224 e. The summed E-state index contributed by atoms with van der Waals surface area (Å²) in [6, 6.07) is -0.701. The summed E-state index contributed by atoms with van der Waals surface area (Å²) in [5.41, 5.74) is 0. The minimum absolute atomic E-state index is 0.216. The van der Waals surface area contributed by atoms with Gasteiger partial charge in [0.1, 0.15) is 0 Å². The van der Waals surface area contributed by atoms with Gasteiger partial charge in [0.25, 0.3) is 0 Å². The third-order valence-corrected chi connectivity index (χ3v) is 5.15. The van der Waals surface area contributed by atoms with Gasteiger partial charge in [-0.05, 0) is 64.7 Å². The van der Waals surface area contributed by atoms with Crippen LogP contribution in [0.15, 0.2) is 97.2 Å². The summed E-state index contributed by atoms with van der Waals surface area (Å²) in [5.74, 6) is -0.216. The summed E-state index contributed by atoms with van der Waals surface area (Å²) < 4.78 is 0. The second kappa shape index (κ2) is 26.9. The van der Waals surface area contributed by atoms with Crippen molar-refractivity contribution in [2.24, 2.45) is 0 Å². The molecule has 0 rings (SSSR count). The molecule has 4 nitrogen and oxygen atoms in total. The molecule has 0 aromatic heterocycles. The Hall–Kier alpha value is -2.69. The molecule has 4 heteroatoms. The lowest BCUT2D eigenvalue weighted by Gasteiger charge is -2.19. The van der Waals surface area contributed by atoms with Gasteiger partial charge in [0, 0.05) is 6.42 Å². The van der Waals surface area contributed by atoms with Crippen molar-refractivity contribution in [2.75, 3.05) is 6.61 Å². The summed E-state index contributed by atoms with van der Waals surface area (Å²) in [4.78, 5) is 12.1. The zero-order chi connectivity index (χ0) is 26.5. The maximum Gasteiger partial charge on any atom is 0.224 e. The number of aliphatic hydroxyl groups is 2. The second-order valence-electron chi connectivity index (χ2n) is 8.38. The molecule has 0 aromatic rings. The minimum atomic E-state index is -0.911. The SMILES string of the molecule is C/C=C/CC/C=C/CC/C=C/C(O)C(CO)NC(=O)C/C=C\C/C=C\C/C=C\C/C=C\C/C=C\CC. The van der Waals surface area contributed by atoms with Crippen LogP contribution in [0.2, 0.25) is 0 Å². The minimum Gasteiger partial charge on any atom is -0.394 e. The van der Waals surface area contributed by atoms with Crippen molar-refractivity contribution in [1.29, 1.82) is 0 Å². The fourth-order valence-corrected chi connectivity index (χ4v) is 3.10. The summed E-state index contributed by atoms with van der Waals surface area (Å²) in [6.07, 6.45) is 40.8. The normalized spacial score (nSPS) is 14.9. The highest BCUT2D eigenvalue weighted by molar-refractivity contribution is 5.77. The van der Waals surface area contributed by atoms with Crippen LogP contribution >= 0.6 is 0 Å². The van der Waals surface area contributed by atoms with Crippen molar-refractivity contribution in [2.45, 2.75) is 90.2 Å². The highest BCUT2D eigenvalue weighted by Gasteiger charge is 2.17. The molecule has 3 N–H and O–H groups in total. The van der Waals surface area contributed by atoms with Gasteiger partial charge in [0.2, 0.25) is 5.91 Å². The number of unbranched alkanes of at least 4 members (excludes halogenated alkanes) is 2. The lowest BCUT2D eigenvalue weighted by atomic mass is 10.1. The molecule has 0 aliphatic rings. The van der Waals surface area contributed by atoms with Gasteiger partial charge in [-0.1, -0.05) is 104 Å². The van der Waals surface area contributed by atoms with Gasteiger partial charge in [-0.25, -0.2) is 0 Å². The number of amides is 1. The number of rotatable bonds is 21. The van der Waals surface area contributed by atoms with E-state index in [-0.39, 0.29) is 18.9 Å². The van der Waals surface area contributed by atoms with Gasteiger partial charge in [0.05, 0.1) is 18.8 Å². The largest absolute Gasteiger partial charge is 0.394 e. The number of carbonyl (C=O) groups is 1. The van der Waals surface area contributed by atoms with Crippen LogP contribution in [0.1, 0.15) is 78.1 Å². The van der Waals surface area contributed by atoms with E-state index in [0.29, 0.717) is 0 Å². The first-order chi connectivity index (χ1) is 17.7. The zero-order valence-electron chi connectivity index (χ0n) is 22.5. The fourth-order valence-electron chi connectivity index (χ4n) is 3.10. The Morgan fingerprint density at radius 3 is 1.67 bits per heavy atom. The fraction of sp³-hybridized carbons (Fsp3) is 0.469. The van der Waals surface area contributed by atoms with Crippen molar-refractivity contribution in [3.63, 3.8) is 0 Å². The number of carbonyl (C=O) groups excluding carboxylic acids is 1. The summed E-state index contributed by atoms with van der Waals surface area (Å²) in [6.45, 7) is 3.85. The molecular weight excluding hydrogens is 446 g/mol. The number of hydrogen-bond acceptors (Lipinski definition) is 3. The van der Waals surface area contributed by atoms with Gasteiger partial charge >= 0.3 is 0 Å². The Balaban J connectivity index is 4.02. The van der Waals surface area contributed by atoms with Crippen LogP contribution in [-0.4, -0.2) is 34.9 Å². The molecule has 0 aromatic carbocycles. The number of hydrogen-bond donors (Lipinski definition) is 3. The Labute approximate surface area is 220 Å². The van der Waals surface area contributed by atoms with E-state index < -0.39 is 12.1 Å². The van der Waals surface area contributed by atoms with Crippen LogP contribution < -0.4 is 5.32 Å². The molecule has 0 fully saturated rings. The van der Waals surface area contributed by atoms with E-state index in [9.17, 15) is 15.0 Å². The third-order valence-electron chi connectivity index (χ3n) is 5.15. The number of aliphatic hydroxyl groups excluding tert-OH is 2. The van der Waals surface area contributed by atoms with E-state index in [2.05, 4.69) is 85.2 Å². The molecule has 200 valence electrons. The zero-order valence-corrected chi connectivity index (χ0v) is 22.5. The van der Waals surface area contributed by atoms with E-state index in [1.54, 1.807) is 6.08 Å². The van der Waals surface area contributed by atoms with Crippen LogP contribution in [0.3, 0.4) is 0 Å². The second-order valence-corrected chi connectivity index (χ2v) is 8.38. The molecular formula is C32H49NO3. The Morgan fingerprint density at radius 2 is 1.17 bits per heavy atom. The third kappa shape index (κ3) is 23.1. The van der Waals surface area contributed by atoms with E-state index in [0.717, 1.165) is 57.8 Å². The molecule has 0 saturated carbocycles. The Morgan fingerprint density at radius 1 is 0.694 bits per heavy atom. The van der Waals surface area contributed by atoms with Gasteiger partial charge in [0.15, 0.2) is 0 Å². The number of nitrogens with one attached hydrogen (secondary N) is 1. The molecule has 2 unspecified atom stereocenters. The van der Waals surface area contributed by atoms with Crippen LogP contribution in [-0.2, 0) is 4.79 Å². The maximum absolute atomic E-state index is 12.1. The number of allylic oxidation sites excluding steroid dienone is 14. The average molecular weight is 496 g/mol. The van der Waals surface area contributed by atoms with Crippen molar-refractivity contribution >= 4 is 5.91 Å². The molecule has 0 saturated heterocycles. The van der Waals surface area contributed by atoms with Crippen molar-refractivity contribution < 1.29 is 15.0 Å². The molecule has 0 aliphatic heterocycles. The summed E-state index contributed by atoms with van der Waals surface area (Å²) in [7, 11) is 0. The molecule has 0 radical (unpaired) electrons. The standard InChI is InChI=1S/C32H49NO3/c1-3-5-7-9-11-13-14-15-16-17-18-20-22-24-26-28-32(36)33-30(29-34)31(35)27-25-23-21-19-12-10-8-6-4-2/h4-7,11-13,15-16,18-20,24-27,30-31,34-35H,3,8-10,14,17,21-23,28-29H2,1-2H3,(H,33,36)/b6-4+,7-5-,13-11-,16-15-,19-12+,20-18-,26-24-,27-25+. The van der Waals surface area contributed by atoms with Crippen molar-refractivity contribution in [1.82, 2.24) is 5.32 Å². The molecule has 0 bridgehead atoms. The average Bonchev–Trinajstić information content (AvgIpc) is 2.88. The molecule has 0 aliphatic carbocycles. The van der Waals surface area contributed by atoms with E-state index in [1.165, 1.54) is 0 Å². The molecule has 0 spiro atoms. The van der Waals surface area contributed by atoms with Crippen LogP contribution in [0.5, 0.6) is 0 Å². The quantitative estimate of drug-likeness (QED) is 0.116. The van der Waals surface area contributed by atoms with E-state index in [1.807, 2.05) is 25.2 Å². The van der Waals surface area contributed by atoms with Crippen molar-refractivity contribution in [3.8, 4) is 0 Å². The summed E-state index contributed by atoms with van der Waals surface area (Å²) in [5, 5.41) is 22.5. The first kappa shape index (κ1) is 33.3. The first-order valence-corrected chi connectivity index (χ1v) is 13.4. The maximum atomic E-state index is 12.1. The highest BCUT2D eigenvalue weighted by Crippen LogP contribution is 2.02. The Kier molecular flexibility index (Phi) is 24.9. The van der Waals surface area contributed by atoms with Gasteiger partial charge in [-0.2, -0.15) is 0 Å². The van der Waals surface area contributed by atoms with Gasteiger partial charge < -0.3 is 15.5 Å².